The predicted molar refractivity (Wildman–Crippen MR) is 90.3 cm³/mol. The van der Waals surface area contributed by atoms with Crippen LogP contribution in [0.15, 0.2) is 18.2 Å². The molecule has 0 aliphatic heterocycles. The molecule has 3 nitrogen and oxygen atoms in total. The van der Waals surface area contributed by atoms with Crippen molar-refractivity contribution in [3.8, 4) is 0 Å². The lowest BCUT2D eigenvalue weighted by Gasteiger charge is -2.31. The first-order valence-corrected chi connectivity index (χ1v) is 8.81. The maximum absolute atomic E-state index is 12.5. The highest BCUT2D eigenvalue weighted by atomic mass is 35.5. The van der Waals surface area contributed by atoms with Crippen molar-refractivity contribution in [2.45, 2.75) is 44.1 Å². The molecule has 2 saturated carbocycles. The minimum Gasteiger partial charge on any atom is -0.353 e. The second-order valence-electron chi connectivity index (χ2n) is 6.49. The molecule has 2 aliphatic rings. The fourth-order valence-electron chi connectivity index (χ4n) is 3.60. The SMILES string of the molecule is NCC1CCCCC1NC(=O)C1CC1c1cccc(Cl)c1Cl. The van der Waals surface area contributed by atoms with Crippen molar-refractivity contribution in [1.82, 2.24) is 5.32 Å². The highest BCUT2D eigenvalue weighted by molar-refractivity contribution is 6.42. The number of benzene rings is 1. The Morgan fingerprint density at radius 3 is 2.82 bits per heavy atom. The van der Waals surface area contributed by atoms with Crippen molar-refractivity contribution in [3.05, 3.63) is 33.8 Å². The number of nitrogens with two attached hydrogens (primary N) is 1. The summed E-state index contributed by atoms with van der Waals surface area (Å²) in [6, 6.07) is 5.87. The second kappa shape index (κ2) is 6.77. The van der Waals surface area contributed by atoms with Crippen molar-refractivity contribution < 1.29 is 4.79 Å². The van der Waals surface area contributed by atoms with Crippen LogP contribution in [0.25, 0.3) is 0 Å². The number of halogens is 2. The van der Waals surface area contributed by atoms with E-state index < -0.39 is 0 Å². The molecule has 0 saturated heterocycles. The molecular weight excluding hydrogens is 319 g/mol. The fraction of sp³-hybridized carbons (Fsp3) is 0.588. The summed E-state index contributed by atoms with van der Waals surface area (Å²) >= 11 is 12.3. The van der Waals surface area contributed by atoms with Gasteiger partial charge in [-0.1, -0.05) is 48.2 Å². The number of carbonyl (C=O) groups is 1. The van der Waals surface area contributed by atoms with E-state index in [0.717, 1.165) is 24.8 Å². The van der Waals surface area contributed by atoms with E-state index in [0.29, 0.717) is 22.5 Å². The standard InChI is InChI=1S/C17H22Cl2N2O/c18-14-6-3-5-11(16(14)19)12-8-13(12)17(22)21-15-7-2-1-4-10(15)9-20/h3,5-6,10,12-13,15H,1-2,4,7-9,20H2,(H,21,22). The van der Waals surface area contributed by atoms with E-state index in [4.69, 9.17) is 28.9 Å². The Labute approximate surface area is 141 Å². The Morgan fingerprint density at radius 2 is 2.05 bits per heavy atom. The molecule has 5 heteroatoms. The Hall–Kier alpha value is -0.770. The third-order valence-corrected chi connectivity index (χ3v) is 5.88. The molecule has 22 heavy (non-hydrogen) atoms. The summed E-state index contributed by atoms with van der Waals surface area (Å²) in [5, 5.41) is 4.36. The van der Waals surface area contributed by atoms with Gasteiger partial charge in [0.1, 0.15) is 0 Å². The van der Waals surface area contributed by atoms with Gasteiger partial charge in [-0.05, 0) is 49.3 Å². The first kappa shape index (κ1) is 16.1. The van der Waals surface area contributed by atoms with E-state index in [2.05, 4.69) is 5.32 Å². The molecule has 2 aliphatic carbocycles. The van der Waals surface area contributed by atoms with Crippen LogP contribution in [0.3, 0.4) is 0 Å². The number of nitrogens with one attached hydrogen (secondary N) is 1. The van der Waals surface area contributed by atoms with E-state index in [1.807, 2.05) is 12.1 Å². The monoisotopic (exact) mass is 340 g/mol. The van der Waals surface area contributed by atoms with E-state index in [-0.39, 0.29) is 23.8 Å². The Balaban J connectivity index is 1.62. The van der Waals surface area contributed by atoms with Crippen molar-refractivity contribution in [2.24, 2.45) is 17.6 Å². The van der Waals surface area contributed by atoms with Crippen LogP contribution in [0.2, 0.25) is 10.0 Å². The number of hydrogen-bond acceptors (Lipinski definition) is 2. The van der Waals surface area contributed by atoms with E-state index in [1.54, 1.807) is 6.07 Å². The van der Waals surface area contributed by atoms with Crippen LogP contribution < -0.4 is 11.1 Å². The fourth-order valence-corrected chi connectivity index (χ4v) is 4.05. The minimum atomic E-state index is 0.0244. The zero-order valence-electron chi connectivity index (χ0n) is 12.5. The quantitative estimate of drug-likeness (QED) is 0.877. The smallest absolute Gasteiger partial charge is 0.223 e. The van der Waals surface area contributed by atoms with Gasteiger partial charge in [-0.25, -0.2) is 0 Å². The summed E-state index contributed by atoms with van der Waals surface area (Å²) in [6.45, 7) is 0.652. The van der Waals surface area contributed by atoms with Gasteiger partial charge < -0.3 is 11.1 Å². The van der Waals surface area contributed by atoms with Gasteiger partial charge in [0, 0.05) is 12.0 Å². The summed E-state index contributed by atoms with van der Waals surface area (Å²) in [7, 11) is 0. The first-order chi connectivity index (χ1) is 10.6. The topological polar surface area (TPSA) is 55.1 Å². The molecule has 0 radical (unpaired) electrons. The lowest BCUT2D eigenvalue weighted by molar-refractivity contribution is -0.123. The zero-order valence-corrected chi connectivity index (χ0v) is 14.0. The largest absolute Gasteiger partial charge is 0.353 e. The average Bonchev–Trinajstić information content (AvgIpc) is 3.31. The third-order valence-electron chi connectivity index (χ3n) is 5.05. The normalized spacial score (nSPS) is 30.9. The predicted octanol–water partition coefficient (Wildman–Crippen LogP) is 3.73. The molecule has 120 valence electrons. The Morgan fingerprint density at radius 1 is 1.27 bits per heavy atom. The van der Waals surface area contributed by atoms with Crippen LogP contribution in [-0.4, -0.2) is 18.5 Å². The molecule has 2 fully saturated rings. The van der Waals surface area contributed by atoms with Gasteiger partial charge in [0.15, 0.2) is 0 Å². The Kier molecular flexibility index (Phi) is 4.96. The summed E-state index contributed by atoms with van der Waals surface area (Å²) < 4.78 is 0. The first-order valence-electron chi connectivity index (χ1n) is 8.06. The van der Waals surface area contributed by atoms with E-state index in [1.165, 1.54) is 12.8 Å². The van der Waals surface area contributed by atoms with Crippen LogP contribution >= 0.6 is 23.2 Å². The molecule has 4 unspecified atom stereocenters. The number of carbonyl (C=O) groups excluding carboxylic acids is 1. The Bertz CT molecular complexity index is 564. The molecule has 0 heterocycles. The van der Waals surface area contributed by atoms with Crippen LogP contribution in [0.4, 0.5) is 0 Å². The molecular formula is C17H22Cl2N2O. The minimum absolute atomic E-state index is 0.0244. The lowest BCUT2D eigenvalue weighted by atomic mass is 9.84. The number of hydrogen-bond donors (Lipinski definition) is 2. The van der Waals surface area contributed by atoms with Gasteiger partial charge in [0.25, 0.3) is 0 Å². The molecule has 1 amide bonds. The zero-order chi connectivity index (χ0) is 15.7. The van der Waals surface area contributed by atoms with Gasteiger partial charge in [0.05, 0.1) is 10.0 Å². The van der Waals surface area contributed by atoms with Crippen LogP contribution in [-0.2, 0) is 4.79 Å². The molecule has 0 spiro atoms. The third kappa shape index (κ3) is 3.27. The van der Waals surface area contributed by atoms with Crippen molar-refractivity contribution >= 4 is 29.1 Å². The van der Waals surface area contributed by atoms with Crippen LogP contribution in [0.5, 0.6) is 0 Å². The molecule has 3 rings (SSSR count). The summed E-state index contributed by atoms with van der Waals surface area (Å²) in [4.78, 5) is 12.5. The maximum Gasteiger partial charge on any atom is 0.223 e. The molecule has 1 aromatic carbocycles. The second-order valence-corrected chi connectivity index (χ2v) is 7.27. The maximum atomic E-state index is 12.5. The summed E-state index contributed by atoms with van der Waals surface area (Å²) in [6.07, 6.45) is 5.42. The lowest BCUT2D eigenvalue weighted by Crippen LogP contribution is -2.45. The highest BCUT2D eigenvalue weighted by Gasteiger charge is 2.45. The summed E-state index contributed by atoms with van der Waals surface area (Å²) in [5.41, 5.74) is 6.83. The molecule has 0 bridgehead atoms. The van der Waals surface area contributed by atoms with Gasteiger partial charge in [-0.3, -0.25) is 4.79 Å². The number of rotatable bonds is 4. The van der Waals surface area contributed by atoms with Crippen molar-refractivity contribution in [3.63, 3.8) is 0 Å². The van der Waals surface area contributed by atoms with Gasteiger partial charge in [0.2, 0.25) is 5.91 Å². The highest BCUT2D eigenvalue weighted by Crippen LogP contribution is 2.50. The van der Waals surface area contributed by atoms with E-state index >= 15 is 0 Å². The van der Waals surface area contributed by atoms with Crippen LogP contribution in [0, 0.1) is 11.8 Å². The molecule has 1 aromatic rings. The summed E-state index contributed by atoms with van der Waals surface area (Å²) in [5.74, 6) is 0.790. The van der Waals surface area contributed by atoms with Crippen LogP contribution in [0.1, 0.15) is 43.6 Å². The number of amides is 1. The average molecular weight is 341 g/mol. The van der Waals surface area contributed by atoms with Crippen molar-refractivity contribution in [1.29, 1.82) is 0 Å². The van der Waals surface area contributed by atoms with Gasteiger partial charge in [-0.2, -0.15) is 0 Å². The molecule has 0 aromatic heterocycles. The van der Waals surface area contributed by atoms with Gasteiger partial charge >= 0.3 is 0 Å². The molecule has 4 atom stereocenters. The van der Waals surface area contributed by atoms with Gasteiger partial charge in [-0.15, -0.1) is 0 Å². The van der Waals surface area contributed by atoms with E-state index in [9.17, 15) is 4.79 Å². The van der Waals surface area contributed by atoms with Crippen molar-refractivity contribution in [2.75, 3.05) is 6.54 Å². The molecule has 3 N–H and O–H groups in total.